The Morgan fingerprint density at radius 3 is 2.95 bits per heavy atom. The van der Waals surface area contributed by atoms with Crippen LogP contribution in [0.15, 0.2) is 34.9 Å². The van der Waals surface area contributed by atoms with Crippen molar-refractivity contribution in [3.05, 3.63) is 46.2 Å². The molecule has 0 radical (unpaired) electrons. The maximum absolute atomic E-state index is 12.5. The molecule has 2 aromatic rings. The van der Waals surface area contributed by atoms with Crippen molar-refractivity contribution in [3.63, 3.8) is 0 Å². The van der Waals surface area contributed by atoms with E-state index in [0.29, 0.717) is 12.1 Å². The molecule has 1 aliphatic rings. The molecule has 1 aromatic carbocycles. The minimum atomic E-state index is 0.0155. The predicted molar refractivity (Wildman–Crippen MR) is 84.5 cm³/mol. The van der Waals surface area contributed by atoms with Gasteiger partial charge in [-0.3, -0.25) is 4.79 Å². The first-order valence-corrected chi connectivity index (χ1v) is 7.71. The van der Waals surface area contributed by atoms with Crippen molar-refractivity contribution in [2.24, 2.45) is 5.73 Å². The number of amides is 1. The number of halogens is 1. The van der Waals surface area contributed by atoms with Gasteiger partial charge in [-0.25, -0.2) is 4.68 Å². The van der Waals surface area contributed by atoms with Gasteiger partial charge in [0.1, 0.15) is 0 Å². The number of carbonyl (C=O) groups excluding carboxylic acids is 1. The highest BCUT2D eigenvalue weighted by Gasteiger charge is 2.27. The normalized spacial score (nSPS) is 18.2. The Hall–Kier alpha value is -1.66. The topological polar surface area (TPSA) is 64.2 Å². The van der Waals surface area contributed by atoms with Crippen LogP contribution in [0.3, 0.4) is 0 Å². The average molecular weight is 349 g/mol. The van der Waals surface area contributed by atoms with E-state index in [9.17, 15) is 4.79 Å². The number of hydrogen-bond donors (Lipinski definition) is 1. The summed E-state index contributed by atoms with van der Waals surface area (Å²) in [6, 6.07) is 7.93. The molecule has 1 fully saturated rings. The number of hydrogen-bond acceptors (Lipinski definition) is 3. The lowest BCUT2D eigenvalue weighted by molar-refractivity contribution is 0.0790. The fraction of sp³-hybridized carbons (Fsp3) is 0.333. The predicted octanol–water partition coefficient (Wildman–Crippen LogP) is 2.12. The van der Waals surface area contributed by atoms with E-state index in [1.165, 1.54) is 0 Å². The zero-order valence-electron chi connectivity index (χ0n) is 11.8. The molecule has 6 heteroatoms. The van der Waals surface area contributed by atoms with E-state index in [4.69, 9.17) is 5.73 Å². The molecule has 0 spiro atoms. The molecule has 1 atom stereocenters. The van der Waals surface area contributed by atoms with Crippen molar-refractivity contribution in [3.8, 4) is 5.69 Å². The molecule has 5 nitrogen and oxygen atoms in total. The van der Waals surface area contributed by atoms with Crippen LogP contribution in [0.4, 0.5) is 0 Å². The molecule has 1 aromatic heterocycles. The SMILES string of the molecule is Cc1c(C(=O)N2CC[C@H](N)C2)cnn1-c1cccc(Br)c1. The Labute approximate surface area is 131 Å². The minimum absolute atomic E-state index is 0.0155. The molecular formula is C15H17BrN4O. The van der Waals surface area contributed by atoms with Crippen molar-refractivity contribution >= 4 is 21.8 Å². The lowest BCUT2D eigenvalue weighted by Gasteiger charge is -2.15. The van der Waals surface area contributed by atoms with Crippen LogP contribution < -0.4 is 5.73 Å². The maximum atomic E-state index is 12.5. The van der Waals surface area contributed by atoms with Gasteiger partial charge in [-0.05, 0) is 31.5 Å². The molecule has 1 saturated heterocycles. The molecule has 1 amide bonds. The van der Waals surface area contributed by atoms with Crippen LogP contribution in [-0.2, 0) is 0 Å². The van der Waals surface area contributed by atoms with Gasteiger partial charge < -0.3 is 10.6 Å². The van der Waals surface area contributed by atoms with Crippen molar-refractivity contribution in [2.45, 2.75) is 19.4 Å². The van der Waals surface area contributed by atoms with Gasteiger partial charge in [0, 0.05) is 23.6 Å². The summed E-state index contributed by atoms with van der Waals surface area (Å²) >= 11 is 3.45. The number of aromatic nitrogens is 2. The summed E-state index contributed by atoms with van der Waals surface area (Å²) in [7, 11) is 0. The fourth-order valence-electron chi connectivity index (χ4n) is 2.63. The molecule has 0 saturated carbocycles. The van der Waals surface area contributed by atoms with E-state index in [1.807, 2.05) is 31.2 Å². The zero-order valence-corrected chi connectivity index (χ0v) is 13.4. The highest BCUT2D eigenvalue weighted by molar-refractivity contribution is 9.10. The quantitative estimate of drug-likeness (QED) is 0.903. The third kappa shape index (κ3) is 2.73. The summed E-state index contributed by atoms with van der Waals surface area (Å²) in [5.74, 6) is 0.0155. The lowest BCUT2D eigenvalue weighted by Crippen LogP contribution is -2.32. The van der Waals surface area contributed by atoms with Crippen molar-refractivity contribution in [1.29, 1.82) is 0 Å². The molecular weight excluding hydrogens is 332 g/mol. The number of nitrogens with zero attached hydrogens (tertiary/aromatic N) is 3. The molecule has 3 rings (SSSR count). The van der Waals surface area contributed by atoms with Crippen molar-refractivity contribution < 1.29 is 4.79 Å². The van der Waals surface area contributed by atoms with Crippen molar-refractivity contribution in [2.75, 3.05) is 13.1 Å². The second kappa shape index (κ2) is 5.61. The number of carbonyl (C=O) groups is 1. The number of likely N-dealkylation sites (tertiary alicyclic amines) is 1. The van der Waals surface area contributed by atoms with Gasteiger partial charge in [-0.2, -0.15) is 5.10 Å². The molecule has 110 valence electrons. The summed E-state index contributed by atoms with van der Waals surface area (Å²) in [4.78, 5) is 14.3. The first kappa shape index (κ1) is 14.3. The van der Waals surface area contributed by atoms with E-state index in [1.54, 1.807) is 15.8 Å². The molecule has 21 heavy (non-hydrogen) atoms. The van der Waals surface area contributed by atoms with E-state index in [-0.39, 0.29) is 11.9 Å². The third-order valence-corrected chi connectivity index (χ3v) is 4.30. The smallest absolute Gasteiger partial charge is 0.257 e. The van der Waals surface area contributed by atoms with E-state index in [2.05, 4.69) is 21.0 Å². The Bertz CT molecular complexity index is 682. The number of nitrogens with two attached hydrogens (primary N) is 1. The van der Waals surface area contributed by atoms with Crippen LogP contribution in [-0.4, -0.2) is 39.7 Å². The summed E-state index contributed by atoms with van der Waals surface area (Å²) in [6.45, 7) is 3.26. The molecule has 0 bridgehead atoms. The molecule has 2 N–H and O–H groups in total. The second-order valence-electron chi connectivity index (χ2n) is 5.34. The second-order valence-corrected chi connectivity index (χ2v) is 6.25. The lowest BCUT2D eigenvalue weighted by atomic mass is 10.2. The van der Waals surface area contributed by atoms with Crippen LogP contribution >= 0.6 is 15.9 Å². The minimum Gasteiger partial charge on any atom is -0.337 e. The first-order chi connectivity index (χ1) is 10.1. The Morgan fingerprint density at radius 2 is 2.29 bits per heavy atom. The van der Waals surface area contributed by atoms with Crippen LogP contribution in [0.25, 0.3) is 5.69 Å². The first-order valence-electron chi connectivity index (χ1n) is 6.91. The van der Waals surface area contributed by atoms with Gasteiger partial charge in [0.05, 0.1) is 23.1 Å². The molecule has 0 unspecified atom stereocenters. The molecule has 2 heterocycles. The van der Waals surface area contributed by atoms with Crippen LogP contribution in [0, 0.1) is 6.92 Å². The van der Waals surface area contributed by atoms with Gasteiger partial charge in [0.15, 0.2) is 0 Å². The van der Waals surface area contributed by atoms with Gasteiger partial charge in [0.2, 0.25) is 0 Å². The summed E-state index contributed by atoms with van der Waals surface area (Å²) in [5.41, 5.74) is 8.29. The van der Waals surface area contributed by atoms with Crippen LogP contribution in [0.1, 0.15) is 22.5 Å². The largest absolute Gasteiger partial charge is 0.337 e. The van der Waals surface area contributed by atoms with E-state index in [0.717, 1.165) is 28.8 Å². The Kier molecular flexibility index (Phi) is 3.82. The average Bonchev–Trinajstić information content (AvgIpc) is 3.04. The number of benzene rings is 1. The van der Waals surface area contributed by atoms with Gasteiger partial charge in [-0.1, -0.05) is 22.0 Å². The van der Waals surface area contributed by atoms with E-state index < -0.39 is 0 Å². The van der Waals surface area contributed by atoms with Gasteiger partial charge in [0.25, 0.3) is 5.91 Å². The zero-order chi connectivity index (χ0) is 15.0. The maximum Gasteiger partial charge on any atom is 0.257 e. The number of rotatable bonds is 2. The van der Waals surface area contributed by atoms with Crippen LogP contribution in [0.5, 0.6) is 0 Å². The monoisotopic (exact) mass is 348 g/mol. The third-order valence-electron chi connectivity index (χ3n) is 3.80. The Morgan fingerprint density at radius 1 is 1.48 bits per heavy atom. The summed E-state index contributed by atoms with van der Waals surface area (Å²) < 4.78 is 2.77. The highest BCUT2D eigenvalue weighted by atomic mass is 79.9. The van der Waals surface area contributed by atoms with Crippen LogP contribution in [0.2, 0.25) is 0 Å². The van der Waals surface area contributed by atoms with Crippen molar-refractivity contribution in [1.82, 2.24) is 14.7 Å². The Balaban J connectivity index is 1.91. The summed E-state index contributed by atoms with van der Waals surface area (Å²) in [5, 5.41) is 4.36. The standard InChI is InChI=1S/C15H17BrN4O/c1-10-14(15(21)19-6-5-12(17)9-19)8-18-20(10)13-4-2-3-11(16)7-13/h2-4,7-8,12H,5-6,9,17H2,1H3/t12-/m0/s1. The highest BCUT2D eigenvalue weighted by Crippen LogP contribution is 2.20. The molecule has 1 aliphatic heterocycles. The van der Waals surface area contributed by atoms with Gasteiger partial charge >= 0.3 is 0 Å². The fourth-order valence-corrected chi connectivity index (χ4v) is 3.02. The summed E-state index contributed by atoms with van der Waals surface area (Å²) in [6.07, 6.45) is 2.51. The van der Waals surface area contributed by atoms with E-state index >= 15 is 0 Å². The van der Waals surface area contributed by atoms with Gasteiger partial charge in [-0.15, -0.1) is 0 Å². The molecule has 0 aliphatic carbocycles.